The molecule has 0 spiro atoms. The summed E-state index contributed by atoms with van der Waals surface area (Å²) in [6.07, 6.45) is 0.461. The molecule has 0 aromatic heterocycles. The highest BCUT2D eigenvalue weighted by Crippen LogP contribution is 2.28. The fourth-order valence-corrected chi connectivity index (χ4v) is 1.78. The Hall–Kier alpha value is -1.91. The molecule has 5 heteroatoms. The number of nitrogens with one attached hydrogen (secondary N) is 1. The molecule has 0 aliphatic carbocycles. The number of carbonyl (C=O) groups excluding carboxylic acids is 2. The van der Waals surface area contributed by atoms with Crippen molar-refractivity contribution >= 4 is 17.6 Å². The van der Waals surface area contributed by atoms with Crippen LogP contribution in [0, 0.1) is 5.82 Å². The number of anilines is 1. The molecule has 1 aromatic rings. The molecule has 90 valence electrons. The highest BCUT2D eigenvalue weighted by Gasteiger charge is 2.47. The van der Waals surface area contributed by atoms with Gasteiger partial charge < -0.3 is 5.32 Å². The lowest BCUT2D eigenvalue weighted by Crippen LogP contribution is -2.43. The minimum Gasteiger partial charge on any atom is -0.323 e. The van der Waals surface area contributed by atoms with E-state index in [1.165, 1.54) is 18.2 Å². The molecule has 1 aromatic carbocycles. The number of benzene rings is 1. The first-order valence-electron chi connectivity index (χ1n) is 5.41. The van der Waals surface area contributed by atoms with Crippen LogP contribution in [0.2, 0.25) is 0 Å². The van der Waals surface area contributed by atoms with Gasteiger partial charge in [-0.05, 0) is 25.5 Å². The van der Waals surface area contributed by atoms with E-state index in [4.69, 9.17) is 0 Å². The molecule has 0 bridgehead atoms. The summed E-state index contributed by atoms with van der Waals surface area (Å²) in [6, 6.07) is 5.15. The Morgan fingerprint density at radius 3 is 2.53 bits per heavy atom. The van der Waals surface area contributed by atoms with Crippen LogP contribution in [-0.4, -0.2) is 17.5 Å². The maximum absolute atomic E-state index is 13.6. The lowest BCUT2D eigenvalue weighted by molar-refractivity contribution is -0.121. The second-order valence-electron chi connectivity index (χ2n) is 4.21. The van der Waals surface area contributed by atoms with E-state index in [-0.39, 0.29) is 5.69 Å². The molecule has 1 N–H and O–H groups in total. The zero-order valence-electron chi connectivity index (χ0n) is 9.66. The van der Waals surface area contributed by atoms with Crippen molar-refractivity contribution in [2.75, 3.05) is 4.90 Å². The van der Waals surface area contributed by atoms with Crippen molar-refractivity contribution in [3.05, 3.63) is 30.1 Å². The Morgan fingerprint density at radius 2 is 2.00 bits per heavy atom. The van der Waals surface area contributed by atoms with E-state index >= 15 is 0 Å². The van der Waals surface area contributed by atoms with Gasteiger partial charge in [-0.2, -0.15) is 0 Å². The van der Waals surface area contributed by atoms with Crippen molar-refractivity contribution in [2.45, 2.75) is 25.8 Å². The zero-order chi connectivity index (χ0) is 12.6. The van der Waals surface area contributed by atoms with Crippen LogP contribution < -0.4 is 10.2 Å². The average molecular weight is 236 g/mol. The molecule has 1 heterocycles. The third-order valence-electron chi connectivity index (χ3n) is 3.06. The van der Waals surface area contributed by atoms with Crippen molar-refractivity contribution < 1.29 is 14.0 Å². The Labute approximate surface area is 98.4 Å². The summed E-state index contributed by atoms with van der Waals surface area (Å²) in [5.74, 6) is -1.01. The molecule has 1 fully saturated rings. The SMILES string of the molecule is CCC1(C)NC(=O)N(c2ccccc2F)C1=O. The molecular formula is C12H13FN2O2. The second-order valence-corrected chi connectivity index (χ2v) is 4.21. The monoisotopic (exact) mass is 236 g/mol. The van der Waals surface area contributed by atoms with Crippen molar-refractivity contribution in [2.24, 2.45) is 0 Å². The predicted octanol–water partition coefficient (Wildman–Crippen LogP) is 2.05. The minimum absolute atomic E-state index is 0.00725. The van der Waals surface area contributed by atoms with Gasteiger partial charge in [0, 0.05) is 0 Å². The lowest BCUT2D eigenvalue weighted by Gasteiger charge is -2.19. The topological polar surface area (TPSA) is 49.4 Å². The minimum atomic E-state index is -0.945. The maximum atomic E-state index is 13.6. The number of hydrogen-bond donors (Lipinski definition) is 1. The first-order chi connectivity index (χ1) is 7.99. The van der Waals surface area contributed by atoms with Crippen molar-refractivity contribution in [3.8, 4) is 0 Å². The number of rotatable bonds is 2. The number of carbonyl (C=O) groups is 2. The Balaban J connectivity index is 2.45. The summed E-state index contributed by atoms with van der Waals surface area (Å²) in [5.41, 5.74) is -0.952. The number of para-hydroxylation sites is 1. The fraction of sp³-hybridized carbons (Fsp3) is 0.333. The van der Waals surface area contributed by atoms with Crippen LogP contribution in [0.3, 0.4) is 0 Å². The average Bonchev–Trinajstić information content (AvgIpc) is 2.52. The number of amides is 3. The van der Waals surface area contributed by atoms with Crippen LogP contribution >= 0.6 is 0 Å². The van der Waals surface area contributed by atoms with E-state index < -0.39 is 23.3 Å². The summed E-state index contributed by atoms with van der Waals surface area (Å²) in [7, 11) is 0. The quantitative estimate of drug-likeness (QED) is 0.799. The molecule has 1 atom stereocenters. The number of imide groups is 1. The highest BCUT2D eigenvalue weighted by molar-refractivity contribution is 6.23. The van der Waals surface area contributed by atoms with Crippen LogP contribution in [0.25, 0.3) is 0 Å². The fourth-order valence-electron chi connectivity index (χ4n) is 1.78. The molecule has 1 unspecified atom stereocenters. The molecule has 2 rings (SSSR count). The summed E-state index contributed by atoms with van der Waals surface area (Å²) >= 11 is 0. The van der Waals surface area contributed by atoms with Crippen molar-refractivity contribution in [1.82, 2.24) is 5.32 Å². The summed E-state index contributed by atoms with van der Waals surface area (Å²) in [4.78, 5) is 24.7. The molecule has 1 aliphatic rings. The molecule has 1 saturated heterocycles. The second kappa shape index (κ2) is 3.84. The van der Waals surface area contributed by atoms with Crippen LogP contribution in [0.15, 0.2) is 24.3 Å². The van der Waals surface area contributed by atoms with E-state index in [0.29, 0.717) is 6.42 Å². The number of urea groups is 1. The largest absolute Gasteiger partial charge is 0.329 e. The van der Waals surface area contributed by atoms with Crippen LogP contribution in [0.5, 0.6) is 0 Å². The first-order valence-corrected chi connectivity index (χ1v) is 5.41. The van der Waals surface area contributed by atoms with Crippen molar-refractivity contribution in [1.29, 1.82) is 0 Å². The number of hydrogen-bond acceptors (Lipinski definition) is 2. The first kappa shape index (κ1) is 11.6. The van der Waals surface area contributed by atoms with Gasteiger partial charge in [-0.1, -0.05) is 19.1 Å². The Kier molecular flexibility index (Phi) is 2.61. The molecular weight excluding hydrogens is 223 g/mol. The van der Waals surface area contributed by atoms with Gasteiger partial charge in [0.2, 0.25) is 0 Å². The number of nitrogens with zero attached hydrogens (tertiary/aromatic N) is 1. The summed E-state index contributed by atoms with van der Waals surface area (Å²) in [5, 5.41) is 2.58. The molecule has 3 amide bonds. The van der Waals surface area contributed by atoms with Crippen LogP contribution in [0.1, 0.15) is 20.3 Å². The van der Waals surface area contributed by atoms with Crippen molar-refractivity contribution in [3.63, 3.8) is 0 Å². The lowest BCUT2D eigenvalue weighted by atomic mass is 9.99. The van der Waals surface area contributed by atoms with Gasteiger partial charge in [-0.15, -0.1) is 0 Å². The van der Waals surface area contributed by atoms with E-state index in [2.05, 4.69) is 5.32 Å². The summed E-state index contributed by atoms with van der Waals surface area (Å²) < 4.78 is 13.6. The molecule has 0 radical (unpaired) electrons. The number of halogens is 1. The molecule has 4 nitrogen and oxygen atoms in total. The summed E-state index contributed by atoms with van der Waals surface area (Å²) in [6.45, 7) is 3.43. The van der Waals surface area contributed by atoms with Gasteiger partial charge in [-0.3, -0.25) is 4.79 Å². The van der Waals surface area contributed by atoms with E-state index in [9.17, 15) is 14.0 Å². The van der Waals surface area contributed by atoms with Gasteiger partial charge in [0.05, 0.1) is 5.69 Å². The maximum Gasteiger partial charge on any atom is 0.329 e. The van der Waals surface area contributed by atoms with Gasteiger partial charge in [0.25, 0.3) is 5.91 Å². The molecule has 17 heavy (non-hydrogen) atoms. The van der Waals surface area contributed by atoms with Crippen LogP contribution in [-0.2, 0) is 4.79 Å². The Bertz CT molecular complexity index is 489. The molecule has 0 saturated carbocycles. The molecule has 1 aliphatic heterocycles. The van der Waals surface area contributed by atoms with Crippen LogP contribution in [0.4, 0.5) is 14.9 Å². The highest BCUT2D eigenvalue weighted by atomic mass is 19.1. The predicted molar refractivity (Wildman–Crippen MR) is 61.1 cm³/mol. The van der Waals surface area contributed by atoms with Gasteiger partial charge in [-0.25, -0.2) is 14.1 Å². The Morgan fingerprint density at radius 1 is 1.35 bits per heavy atom. The standard InChI is InChI=1S/C12H13FN2O2/c1-3-12(2)10(16)15(11(17)14-12)9-7-5-4-6-8(9)13/h4-7H,3H2,1-2H3,(H,14,17). The third kappa shape index (κ3) is 1.67. The van der Waals surface area contributed by atoms with E-state index in [0.717, 1.165) is 4.90 Å². The van der Waals surface area contributed by atoms with Gasteiger partial charge in [0.15, 0.2) is 0 Å². The van der Waals surface area contributed by atoms with E-state index in [1.54, 1.807) is 19.9 Å². The van der Waals surface area contributed by atoms with Gasteiger partial charge in [0.1, 0.15) is 11.4 Å². The van der Waals surface area contributed by atoms with E-state index in [1.807, 2.05) is 0 Å². The van der Waals surface area contributed by atoms with Gasteiger partial charge >= 0.3 is 6.03 Å². The normalized spacial score (nSPS) is 24.1. The smallest absolute Gasteiger partial charge is 0.323 e. The third-order valence-corrected chi connectivity index (χ3v) is 3.06. The zero-order valence-corrected chi connectivity index (χ0v) is 9.66.